The predicted molar refractivity (Wildman–Crippen MR) is 28.7 cm³/mol. The van der Waals surface area contributed by atoms with Crippen LogP contribution in [-0.2, 0) is 9.84 Å². The van der Waals surface area contributed by atoms with E-state index < -0.39 is 14.0 Å². The van der Waals surface area contributed by atoms with Crippen molar-refractivity contribution < 1.29 is 17.2 Å². The molecule has 0 saturated carbocycles. The van der Waals surface area contributed by atoms with E-state index in [1.165, 1.54) is 0 Å². The third kappa shape index (κ3) is 2.04. The van der Waals surface area contributed by atoms with Crippen molar-refractivity contribution in [2.24, 2.45) is 0 Å². The lowest BCUT2D eigenvalue weighted by atomic mass is 11.7. The van der Waals surface area contributed by atoms with Crippen molar-refractivity contribution >= 4 is 25.8 Å². The Balaban J connectivity index is 4.53. The van der Waals surface area contributed by atoms with E-state index in [1.54, 1.807) is 15.9 Å². The van der Waals surface area contributed by atoms with Crippen LogP contribution in [0.15, 0.2) is 0 Å². The maximum absolute atomic E-state index is 11.6. The van der Waals surface area contributed by atoms with Gasteiger partial charge in [-0.1, -0.05) is 0 Å². The Kier molecular flexibility index (Phi) is 1.98. The van der Waals surface area contributed by atoms with Crippen LogP contribution >= 0.6 is 15.9 Å². The van der Waals surface area contributed by atoms with Crippen molar-refractivity contribution in [3.8, 4) is 0 Å². The van der Waals surface area contributed by atoms with E-state index in [0.717, 1.165) is 0 Å². The fraction of sp³-hybridized carbons (Fsp3) is 1.00. The van der Waals surface area contributed by atoms with Gasteiger partial charge in [-0.3, -0.25) is 0 Å². The molecule has 0 N–H and O–H groups in total. The molecule has 0 bridgehead atoms. The lowest BCUT2D eigenvalue weighted by molar-refractivity contribution is 0.205. The van der Waals surface area contributed by atoms with Crippen molar-refractivity contribution in [1.82, 2.24) is 0 Å². The van der Waals surface area contributed by atoms with Crippen LogP contribution in [0.1, 0.15) is 0 Å². The minimum Gasteiger partial charge on any atom is -0.222 e. The molecule has 0 heterocycles. The van der Waals surface area contributed by atoms with Gasteiger partial charge in [-0.05, 0) is 0 Å². The van der Waals surface area contributed by atoms with Crippen LogP contribution in [0.25, 0.3) is 0 Å². The fourth-order valence-corrected chi connectivity index (χ4v) is 0. The first-order valence-corrected chi connectivity index (χ1v) is 4.20. The van der Waals surface area contributed by atoms with E-state index in [9.17, 15) is 17.2 Å². The second kappa shape index (κ2) is 1.91. The SMILES string of the molecule is CS(=O)(=O)C(F)(F)Br. The summed E-state index contributed by atoms with van der Waals surface area (Å²) in [6.07, 6.45) is 0.446. The van der Waals surface area contributed by atoms with Crippen LogP contribution in [0.4, 0.5) is 8.78 Å². The maximum Gasteiger partial charge on any atom is 0.399 e. The number of hydrogen-bond acceptors (Lipinski definition) is 2. The summed E-state index contributed by atoms with van der Waals surface area (Å²) in [5.41, 5.74) is 0. The summed E-state index contributed by atoms with van der Waals surface area (Å²) in [6.45, 7) is 0. The minimum atomic E-state index is -4.26. The second-order valence-corrected chi connectivity index (χ2v) is 4.80. The van der Waals surface area contributed by atoms with Crippen LogP contribution in [0.5, 0.6) is 0 Å². The number of hydrogen-bond donors (Lipinski definition) is 0. The van der Waals surface area contributed by atoms with E-state index in [0.29, 0.717) is 6.26 Å². The van der Waals surface area contributed by atoms with Crippen molar-refractivity contribution in [2.75, 3.05) is 6.26 Å². The van der Waals surface area contributed by atoms with Gasteiger partial charge in [0.25, 0.3) is 0 Å². The molecule has 50 valence electrons. The van der Waals surface area contributed by atoms with Gasteiger partial charge in [-0.2, -0.15) is 8.78 Å². The summed E-state index contributed by atoms with van der Waals surface area (Å²) < 4.78 is 39.0. The van der Waals surface area contributed by atoms with Crippen molar-refractivity contribution in [1.29, 1.82) is 0 Å². The molecule has 0 aliphatic rings. The fourth-order valence-electron chi connectivity index (χ4n) is 0. The standard InChI is InChI=1S/C2H3BrF2O2S/c1-8(6,7)2(3,4)5/h1H3. The lowest BCUT2D eigenvalue weighted by Crippen LogP contribution is -2.18. The highest BCUT2D eigenvalue weighted by molar-refractivity contribution is 9.11. The highest BCUT2D eigenvalue weighted by atomic mass is 79.9. The highest BCUT2D eigenvalue weighted by Gasteiger charge is 2.37. The molecule has 6 heteroatoms. The topological polar surface area (TPSA) is 34.1 Å². The van der Waals surface area contributed by atoms with Gasteiger partial charge in [0.05, 0.1) is 0 Å². The summed E-state index contributed by atoms with van der Waals surface area (Å²) in [4.78, 5) is 0. The molecule has 0 fully saturated rings. The Labute approximate surface area is 53.9 Å². The Morgan fingerprint density at radius 2 is 1.62 bits per heavy atom. The van der Waals surface area contributed by atoms with Gasteiger partial charge in [-0.25, -0.2) is 8.42 Å². The van der Waals surface area contributed by atoms with E-state index >= 15 is 0 Å². The number of rotatable bonds is 1. The van der Waals surface area contributed by atoms with Crippen LogP contribution in [0.3, 0.4) is 0 Å². The Morgan fingerprint density at radius 3 is 1.62 bits per heavy atom. The monoisotopic (exact) mass is 208 g/mol. The molecule has 0 rings (SSSR count). The number of halogens is 3. The van der Waals surface area contributed by atoms with Gasteiger partial charge in [0, 0.05) is 22.2 Å². The van der Waals surface area contributed by atoms with Crippen LogP contribution in [0, 0.1) is 0 Å². The molecule has 0 unspecified atom stereocenters. The number of alkyl halides is 3. The molecule has 0 aromatic rings. The van der Waals surface area contributed by atoms with Crippen molar-refractivity contribution in [3.05, 3.63) is 0 Å². The molecular formula is C2H3BrF2O2S. The van der Waals surface area contributed by atoms with Gasteiger partial charge in [0.2, 0.25) is 9.84 Å². The quantitative estimate of drug-likeness (QED) is 0.603. The van der Waals surface area contributed by atoms with E-state index in [2.05, 4.69) is 0 Å². The summed E-state index contributed by atoms with van der Waals surface area (Å²) in [6, 6.07) is 0. The van der Waals surface area contributed by atoms with Crippen LogP contribution in [0.2, 0.25) is 0 Å². The average Bonchev–Trinajstić information content (AvgIpc) is 1.25. The minimum absolute atomic E-state index is 0.446. The molecule has 8 heavy (non-hydrogen) atoms. The van der Waals surface area contributed by atoms with Gasteiger partial charge < -0.3 is 0 Å². The molecule has 2 nitrogen and oxygen atoms in total. The first kappa shape index (κ1) is 8.29. The first-order valence-electron chi connectivity index (χ1n) is 1.51. The number of sulfone groups is 1. The van der Waals surface area contributed by atoms with Gasteiger partial charge in [0.1, 0.15) is 0 Å². The summed E-state index contributed by atoms with van der Waals surface area (Å²) >= 11 is 1.68. The van der Waals surface area contributed by atoms with Crippen LogP contribution < -0.4 is 0 Å². The van der Waals surface area contributed by atoms with E-state index in [4.69, 9.17) is 0 Å². The van der Waals surface area contributed by atoms with E-state index in [1.807, 2.05) is 0 Å². The second-order valence-electron chi connectivity index (χ2n) is 1.22. The third-order valence-electron chi connectivity index (χ3n) is 0.420. The zero-order chi connectivity index (χ0) is 7.00. The lowest BCUT2D eigenvalue weighted by Gasteiger charge is -2.02. The van der Waals surface area contributed by atoms with Gasteiger partial charge in [-0.15, -0.1) is 0 Å². The van der Waals surface area contributed by atoms with Crippen molar-refractivity contribution in [2.45, 2.75) is 4.16 Å². The highest BCUT2D eigenvalue weighted by Crippen LogP contribution is 2.27. The predicted octanol–water partition coefficient (Wildman–Crippen LogP) is 0.976. The molecule has 0 aliphatic heterocycles. The Morgan fingerprint density at radius 1 is 1.50 bits per heavy atom. The molecule has 0 spiro atoms. The third-order valence-corrected chi connectivity index (χ3v) is 3.03. The summed E-state index contributed by atoms with van der Waals surface area (Å²) in [5, 5.41) is 0. The van der Waals surface area contributed by atoms with Crippen molar-refractivity contribution in [3.63, 3.8) is 0 Å². The average molecular weight is 209 g/mol. The molecular weight excluding hydrogens is 206 g/mol. The summed E-state index contributed by atoms with van der Waals surface area (Å²) in [7, 11) is -4.26. The molecule has 0 saturated heterocycles. The first-order chi connectivity index (χ1) is 3.25. The molecule has 0 aromatic carbocycles. The smallest absolute Gasteiger partial charge is 0.222 e. The van der Waals surface area contributed by atoms with Gasteiger partial charge >= 0.3 is 4.16 Å². The largest absolute Gasteiger partial charge is 0.399 e. The zero-order valence-corrected chi connectivity index (χ0v) is 6.26. The normalized spacial score (nSPS) is 14.0. The molecule has 0 amide bonds. The maximum atomic E-state index is 11.6. The molecule has 0 aromatic heterocycles. The molecule has 0 radical (unpaired) electrons. The zero-order valence-electron chi connectivity index (χ0n) is 3.86. The Bertz CT molecular complexity index is 167. The molecule has 0 aliphatic carbocycles. The Hall–Kier alpha value is 0.290. The van der Waals surface area contributed by atoms with Gasteiger partial charge in [0.15, 0.2) is 0 Å². The van der Waals surface area contributed by atoms with E-state index in [-0.39, 0.29) is 0 Å². The van der Waals surface area contributed by atoms with Crippen LogP contribution in [-0.4, -0.2) is 18.8 Å². The molecule has 0 atom stereocenters. The summed E-state index contributed by atoms with van der Waals surface area (Å²) in [5.74, 6) is 0.